The summed E-state index contributed by atoms with van der Waals surface area (Å²) in [5.74, 6) is 2.19. The normalized spacial score (nSPS) is 18.8. The summed E-state index contributed by atoms with van der Waals surface area (Å²) in [7, 11) is 0. The first-order chi connectivity index (χ1) is 16.3. The molecule has 0 spiro atoms. The quantitative estimate of drug-likeness (QED) is 0.377. The lowest BCUT2D eigenvalue weighted by Crippen LogP contribution is -2.23. The number of nitrogens with one attached hydrogen (secondary N) is 3. The zero-order chi connectivity index (χ0) is 21.8. The Morgan fingerprint density at radius 3 is 2.76 bits per heavy atom. The van der Waals surface area contributed by atoms with Crippen molar-refractivity contribution in [2.45, 2.75) is 37.6 Å². The van der Waals surface area contributed by atoms with E-state index >= 15 is 0 Å². The monoisotopic (exact) mass is 435 g/mol. The predicted molar refractivity (Wildman–Crippen MR) is 131 cm³/mol. The van der Waals surface area contributed by atoms with Gasteiger partial charge >= 0.3 is 0 Å². The minimum absolute atomic E-state index is 0.365. The van der Waals surface area contributed by atoms with Gasteiger partial charge in [-0.15, -0.1) is 0 Å². The number of hydrogen-bond donors (Lipinski definition) is 3. The van der Waals surface area contributed by atoms with Gasteiger partial charge in [-0.2, -0.15) is 0 Å². The van der Waals surface area contributed by atoms with E-state index in [0.29, 0.717) is 17.8 Å². The molecule has 7 heteroatoms. The van der Waals surface area contributed by atoms with Gasteiger partial charge in [-0.25, -0.2) is 15.0 Å². The van der Waals surface area contributed by atoms with Crippen LogP contribution in [0.5, 0.6) is 0 Å². The first-order valence-corrected chi connectivity index (χ1v) is 11.8. The summed E-state index contributed by atoms with van der Waals surface area (Å²) in [6, 6.07) is 10.7. The Morgan fingerprint density at radius 1 is 0.970 bits per heavy atom. The summed E-state index contributed by atoms with van der Waals surface area (Å²) in [4.78, 5) is 22.8. The molecule has 4 aromatic heterocycles. The van der Waals surface area contributed by atoms with Gasteiger partial charge in [0.25, 0.3) is 0 Å². The Morgan fingerprint density at radius 2 is 1.91 bits per heavy atom. The molecule has 1 aromatic carbocycles. The van der Waals surface area contributed by atoms with Crippen molar-refractivity contribution in [1.82, 2.24) is 30.2 Å². The summed E-state index contributed by atoms with van der Waals surface area (Å²) in [5.41, 5.74) is 5.10. The Bertz CT molecular complexity index is 1500. The second-order valence-electron chi connectivity index (χ2n) is 9.23. The van der Waals surface area contributed by atoms with Crippen LogP contribution in [0.25, 0.3) is 44.2 Å². The molecule has 33 heavy (non-hydrogen) atoms. The Balaban J connectivity index is 1.48. The molecule has 5 heterocycles. The lowest BCUT2D eigenvalue weighted by atomic mass is 9.79. The third kappa shape index (κ3) is 3.07. The summed E-state index contributed by atoms with van der Waals surface area (Å²) in [6.45, 7) is 1.98. The fourth-order valence-electron chi connectivity index (χ4n) is 5.29. The fraction of sp³-hybridized carbons (Fsp3) is 0.308. The van der Waals surface area contributed by atoms with Gasteiger partial charge in [-0.05, 0) is 49.4 Å². The molecule has 1 aliphatic heterocycles. The number of benzene rings is 1. The minimum atomic E-state index is 0.365. The summed E-state index contributed by atoms with van der Waals surface area (Å²) in [6.07, 6.45) is 10.5. The summed E-state index contributed by atoms with van der Waals surface area (Å²) in [5, 5.41) is 10.5. The first kappa shape index (κ1) is 18.9. The van der Waals surface area contributed by atoms with Crippen molar-refractivity contribution in [3.63, 3.8) is 0 Å². The van der Waals surface area contributed by atoms with Crippen LogP contribution in [-0.4, -0.2) is 44.1 Å². The second-order valence-corrected chi connectivity index (χ2v) is 9.23. The van der Waals surface area contributed by atoms with Gasteiger partial charge in [0.2, 0.25) is 0 Å². The zero-order valence-electron chi connectivity index (χ0n) is 18.3. The van der Waals surface area contributed by atoms with Crippen molar-refractivity contribution in [2.75, 3.05) is 18.4 Å². The number of anilines is 1. The number of H-pyrrole nitrogens is 1. The van der Waals surface area contributed by atoms with Gasteiger partial charge in [-0.1, -0.05) is 24.6 Å². The maximum absolute atomic E-state index is 5.15. The number of aromatic amines is 1. The van der Waals surface area contributed by atoms with Crippen LogP contribution < -0.4 is 10.6 Å². The van der Waals surface area contributed by atoms with Crippen molar-refractivity contribution < 1.29 is 0 Å². The van der Waals surface area contributed by atoms with Crippen LogP contribution in [0.15, 0.2) is 48.9 Å². The topological polar surface area (TPSA) is 91.4 Å². The maximum atomic E-state index is 5.15. The average Bonchev–Trinajstić information content (AvgIpc) is 3.45. The SMILES string of the molecule is c1ccc2c(c1)[nH]c1nccc(-c3nc(NC4CCNC4)c4c(C5CCC5)cncc4n3)c12. The van der Waals surface area contributed by atoms with Crippen LogP contribution in [0, 0.1) is 0 Å². The second kappa shape index (κ2) is 7.49. The molecule has 3 N–H and O–H groups in total. The van der Waals surface area contributed by atoms with Crippen LogP contribution >= 0.6 is 0 Å². The number of rotatable bonds is 4. The summed E-state index contributed by atoms with van der Waals surface area (Å²) < 4.78 is 0. The first-order valence-electron chi connectivity index (χ1n) is 11.8. The lowest BCUT2D eigenvalue weighted by molar-refractivity contribution is 0.421. The van der Waals surface area contributed by atoms with Crippen LogP contribution in [0.3, 0.4) is 0 Å². The molecule has 0 bridgehead atoms. The third-order valence-electron chi connectivity index (χ3n) is 7.22. The molecule has 0 radical (unpaired) electrons. The van der Waals surface area contributed by atoms with Crippen LogP contribution in [0.1, 0.15) is 37.2 Å². The Labute approximate surface area is 191 Å². The van der Waals surface area contributed by atoms with Crippen molar-refractivity contribution in [2.24, 2.45) is 0 Å². The molecule has 0 amide bonds. The Kier molecular flexibility index (Phi) is 4.30. The van der Waals surface area contributed by atoms with E-state index in [1.54, 1.807) is 0 Å². The number of hydrogen-bond acceptors (Lipinski definition) is 6. The molecule has 2 fully saturated rings. The van der Waals surface area contributed by atoms with Gasteiger partial charge in [0, 0.05) is 52.2 Å². The molecular weight excluding hydrogens is 410 g/mol. The lowest BCUT2D eigenvalue weighted by Gasteiger charge is -2.27. The van der Waals surface area contributed by atoms with Crippen molar-refractivity contribution >= 4 is 38.7 Å². The largest absolute Gasteiger partial charge is 0.365 e. The maximum Gasteiger partial charge on any atom is 0.163 e. The highest BCUT2D eigenvalue weighted by Gasteiger charge is 2.26. The van der Waals surface area contributed by atoms with E-state index < -0.39 is 0 Å². The van der Waals surface area contributed by atoms with Crippen molar-refractivity contribution in [3.05, 3.63) is 54.5 Å². The molecule has 7 rings (SSSR count). The number of nitrogens with zero attached hydrogens (tertiary/aromatic N) is 4. The Hall–Kier alpha value is -3.58. The molecule has 1 saturated carbocycles. The highest BCUT2D eigenvalue weighted by atomic mass is 15.1. The molecule has 1 aliphatic carbocycles. The number of para-hydroxylation sites is 1. The van der Waals surface area contributed by atoms with Crippen LogP contribution in [0.2, 0.25) is 0 Å². The van der Waals surface area contributed by atoms with Crippen molar-refractivity contribution in [3.8, 4) is 11.4 Å². The van der Waals surface area contributed by atoms with E-state index in [9.17, 15) is 0 Å². The van der Waals surface area contributed by atoms with Gasteiger partial charge in [0.1, 0.15) is 11.5 Å². The van der Waals surface area contributed by atoms with E-state index in [1.807, 2.05) is 30.7 Å². The van der Waals surface area contributed by atoms with Crippen LogP contribution in [0.4, 0.5) is 5.82 Å². The minimum Gasteiger partial charge on any atom is -0.365 e. The van der Waals surface area contributed by atoms with Gasteiger partial charge in [-0.3, -0.25) is 4.98 Å². The van der Waals surface area contributed by atoms with E-state index in [0.717, 1.165) is 63.7 Å². The third-order valence-corrected chi connectivity index (χ3v) is 7.22. The molecule has 1 unspecified atom stereocenters. The molecule has 2 aliphatic rings. The van der Waals surface area contributed by atoms with Gasteiger partial charge in [0.15, 0.2) is 5.82 Å². The van der Waals surface area contributed by atoms with E-state index in [1.165, 1.54) is 24.8 Å². The molecule has 1 atom stereocenters. The molecule has 7 nitrogen and oxygen atoms in total. The number of fused-ring (bicyclic) bond motifs is 4. The number of aromatic nitrogens is 5. The molecular formula is C26H25N7. The highest BCUT2D eigenvalue weighted by molar-refractivity contribution is 6.12. The van der Waals surface area contributed by atoms with E-state index in [2.05, 4.69) is 43.8 Å². The van der Waals surface area contributed by atoms with Gasteiger partial charge < -0.3 is 15.6 Å². The highest BCUT2D eigenvalue weighted by Crippen LogP contribution is 2.42. The predicted octanol–water partition coefficient (Wildman–Crippen LogP) is 4.76. The van der Waals surface area contributed by atoms with E-state index in [4.69, 9.17) is 9.97 Å². The van der Waals surface area contributed by atoms with Crippen molar-refractivity contribution in [1.29, 1.82) is 0 Å². The molecule has 5 aromatic rings. The fourth-order valence-corrected chi connectivity index (χ4v) is 5.29. The van der Waals surface area contributed by atoms with E-state index in [-0.39, 0.29) is 0 Å². The average molecular weight is 436 g/mol. The zero-order valence-corrected chi connectivity index (χ0v) is 18.3. The standard InChI is InChI=1S/C26H25N7/c1-2-7-20-17(6-1)22-18(9-11-29-25(22)31-20)24-32-21-14-28-13-19(15-4-3-5-15)23(21)26(33-24)30-16-8-10-27-12-16/h1-2,6-7,9,11,13-16,27H,3-5,8,10,12H2,(H,29,31)(H,30,32,33). The number of pyridine rings is 2. The molecule has 1 saturated heterocycles. The smallest absolute Gasteiger partial charge is 0.163 e. The van der Waals surface area contributed by atoms with Crippen LogP contribution in [-0.2, 0) is 0 Å². The van der Waals surface area contributed by atoms with Gasteiger partial charge in [0.05, 0.1) is 11.7 Å². The molecule has 164 valence electrons. The summed E-state index contributed by atoms with van der Waals surface area (Å²) >= 11 is 0.